The number of amides is 2. The number of hydrogen-bond acceptors (Lipinski definition) is 2. The molecule has 4 fully saturated rings. The van der Waals surface area contributed by atoms with E-state index in [4.69, 9.17) is 0 Å². The van der Waals surface area contributed by atoms with Gasteiger partial charge in [0.2, 0.25) is 0 Å². The minimum absolute atomic E-state index is 0.0468. The molecule has 31 heavy (non-hydrogen) atoms. The van der Waals surface area contributed by atoms with Crippen LogP contribution in [-0.4, -0.2) is 38.0 Å². The second kappa shape index (κ2) is 8.57. The van der Waals surface area contributed by atoms with E-state index in [0.29, 0.717) is 12.0 Å². The van der Waals surface area contributed by atoms with E-state index in [2.05, 4.69) is 36.6 Å². The highest BCUT2D eigenvalue weighted by molar-refractivity contribution is 5.93. The highest BCUT2D eigenvalue weighted by Gasteiger charge is 2.53. The number of anilines is 1. The quantitative estimate of drug-likeness (QED) is 0.628. The maximum absolute atomic E-state index is 12.8. The Balaban J connectivity index is 1.27. The summed E-state index contributed by atoms with van der Waals surface area (Å²) in [7, 11) is 1.92. The van der Waals surface area contributed by atoms with Crippen LogP contribution in [0.25, 0.3) is 0 Å². The fourth-order valence-corrected chi connectivity index (χ4v) is 7.33. The highest BCUT2D eigenvalue weighted by Crippen LogP contribution is 2.61. The van der Waals surface area contributed by atoms with E-state index >= 15 is 0 Å². The van der Waals surface area contributed by atoms with Crippen LogP contribution in [-0.2, 0) is 9.59 Å². The summed E-state index contributed by atoms with van der Waals surface area (Å²) < 4.78 is 0. The average molecular weight is 427 g/mol. The molecule has 1 aromatic carbocycles. The number of quaternary nitrogens is 1. The summed E-state index contributed by atoms with van der Waals surface area (Å²) in [6.07, 6.45) is 8.13. The van der Waals surface area contributed by atoms with E-state index in [1.54, 1.807) is 0 Å². The van der Waals surface area contributed by atoms with Crippen molar-refractivity contribution < 1.29 is 14.5 Å². The minimum Gasteiger partial charge on any atom is -0.348 e. The predicted molar refractivity (Wildman–Crippen MR) is 124 cm³/mol. The van der Waals surface area contributed by atoms with Crippen LogP contribution in [0.4, 0.5) is 5.69 Å². The van der Waals surface area contributed by atoms with E-state index in [-0.39, 0.29) is 24.4 Å². The van der Waals surface area contributed by atoms with Crippen LogP contribution in [0.1, 0.15) is 62.1 Å². The van der Waals surface area contributed by atoms with Gasteiger partial charge in [0.05, 0.1) is 7.05 Å². The zero-order chi connectivity index (χ0) is 22.3. The lowest BCUT2D eigenvalue weighted by molar-refractivity contribution is -0.862. The second-order valence-corrected chi connectivity index (χ2v) is 11.2. The molecule has 4 saturated carbocycles. The van der Waals surface area contributed by atoms with Gasteiger partial charge in [-0.1, -0.05) is 17.7 Å². The average Bonchev–Trinajstić information content (AvgIpc) is 2.63. The van der Waals surface area contributed by atoms with Gasteiger partial charge in [-0.05, 0) is 101 Å². The molecule has 0 spiro atoms. The zero-order valence-corrected chi connectivity index (χ0v) is 19.9. The Labute approximate surface area is 187 Å². The summed E-state index contributed by atoms with van der Waals surface area (Å²) in [5, 5.41) is 6.37. The molecule has 4 aliphatic carbocycles. The molecule has 0 heterocycles. The van der Waals surface area contributed by atoms with E-state index < -0.39 is 0 Å². The van der Waals surface area contributed by atoms with E-state index in [9.17, 15) is 9.59 Å². The summed E-state index contributed by atoms with van der Waals surface area (Å²) >= 11 is 0. The third-order valence-electron chi connectivity index (χ3n) is 8.25. The number of rotatable bonds is 7. The Morgan fingerprint density at radius 3 is 1.97 bits per heavy atom. The fraction of sp³-hybridized carbons (Fsp3) is 0.692. The molecule has 1 unspecified atom stereocenters. The van der Waals surface area contributed by atoms with Crippen molar-refractivity contribution in [3.63, 3.8) is 0 Å². The van der Waals surface area contributed by atoms with Crippen molar-refractivity contribution in [3.8, 4) is 0 Å². The summed E-state index contributed by atoms with van der Waals surface area (Å²) in [4.78, 5) is 26.3. The number of likely N-dealkylation sites (N-methyl/N-ethyl adjacent to an activating group) is 1. The van der Waals surface area contributed by atoms with Gasteiger partial charge in [-0.15, -0.1) is 0 Å². The van der Waals surface area contributed by atoms with Gasteiger partial charge in [-0.25, -0.2) is 0 Å². The lowest BCUT2D eigenvalue weighted by Crippen LogP contribution is -3.11. The SMILES string of the molecule is Cc1cc(C)c(NC(=O)C[NH+](C)CC(=O)N[C@@H](C)C23CC4CC(CC(C4)C2)C3)c(C)c1. The number of benzene rings is 1. The van der Waals surface area contributed by atoms with Crippen LogP contribution in [0, 0.1) is 43.9 Å². The number of nitrogens with one attached hydrogen (secondary N) is 3. The second-order valence-electron chi connectivity index (χ2n) is 11.2. The van der Waals surface area contributed by atoms with Gasteiger partial charge in [-0.2, -0.15) is 0 Å². The molecule has 4 aliphatic rings. The molecule has 4 bridgehead atoms. The molecule has 3 N–H and O–H groups in total. The molecule has 5 nitrogen and oxygen atoms in total. The molecular formula is C26H40N3O2+. The molecule has 1 aromatic rings. The lowest BCUT2D eigenvalue weighted by Gasteiger charge is -2.59. The molecule has 0 radical (unpaired) electrons. The Kier molecular flexibility index (Phi) is 6.17. The molecule has 170 valence electrons. The van der Waals surface area contributed by atoms with E-state index in [1.807, 2.05) is 20.9 Å². The zero-order valence-electron chi connectivity index (χ0n) is 19.9. The first-order chi connectivity index (χ1) is 14.6. The van der Waals surface area contributed by atoms with Crippen molar-refractivity contribution >= 4 is 17.5 Å². The van der Waals surface area contributed by atoms with E-state index in [1.165, 1.54) is 44.1 Å². The van der Waals surface area contributed by atoms with Crippen molar-refractivity contribution in [2.75, 3.05) is 25.5 Å². The van der Waals surface area contributed by atoms with Crippen molar-refractivity contribution in [1.82, 2.24) is 5.32 Å². The molecule has 2 amide bonds. The van der Waals surface area contributed by atoms with Crippen LogP contribution in [0.2, 0.25) is 0 Å². The molecular weight excluding hydrogens is 386 g/mol. The Hall–Kier alpha value is -1.88. The minimum atomic E-state index is -0.0468. The van der Waals surface area contributed by atoms with Crippen LogP contribution in [0.5, 0.6) is 0 Å². The van der Waals surface area contributed by atoms with Crippen LogP contribution < -0.4 is 15.5 Å². The molecule has 5 rings (SSSR count). The topological polar surface area (TPSA) is 62.6 Å². The van der Waals surface area contributed by atoms with Gasteiger partial charge in [0.15, 0.2) is 13.1 Å². The number of hydrogen-bond donors (Lipinski definition) is 3. The van der Waals surface area contributed by atoms with Gasteiger partial charge < -0.3 is 15.5 Å². The summed E-state index contributed by atoms with van der Waals surface area (Å²) in [6, 6.07) is 4.39. The third-order valence-corrected chi connectivity index (χ3v) is 8.25. The van der Waals surface area contributed by atoms with Crippen molar-refractivity contribution in [2.24, 2.45) is 23.2 Å². The number of aryl methyl sites for hydroxylation is 3. The summed E-state index contributed by atoms with van der Waals surface area (Å²) in [5.74, 6) is 2.68. The van der Waals surface area contributed by atoms with Gasteiger partial charge in [0, 0.05) is 11.7 Å². The largest absolute Gasteiger partial charge is 0.348 e. The first-order valence-corrected chi connectivity index (χ1v) is 12.1. The van der Waals surface area contributed by atoms with Gasteiger partial charge >= 0.3 is 0 Å². The van der Waals surface area contributed by atoms with Crippen LogP contribution >= 0.6 is 0 Å². The Morgan fingerprint density at radius 1 is 0.968 bits per heavy atom. The Bertz CT molecular complexity index is 804. The van der Waals surface area contributed by atoms with Gasteiger partial charge in [0.1, 0.15) is 0 Å². The maximum Gasteiger partial charge on any atom is 0.279 e. The standard InChI is InChI=1S/C26H39N3O2/c1-16-6-17(2)25(18(3)7-16)28-24(31)15-29(5)14-23(30)27-19(4)26-11-20-8-21(12-26)10-22(9-20)13-26/h6-7,19-22H,8-15H2,1-5H3,(H,27,30)(H,28,31)/p+1/t19-,20?,21?,22?,26?/m0/s1. The van der Waals surface area contributed by atoms with Crippen LogP contribution in [0.15, 0.2) is 12.1 Å². The van der Waals surface area contributed by atoms with Crippen LogP contribution in [0.3, 0.4) is 0 Å². The fourth-order valence-electron chi connectivity index (χ4n) is 7.33. The first kappa shape index (κ1) is 22.3. The van der Waals surface area contributed by atoms with E-state index in [0.717, 1.165) is 39.5 Å². The highest BCUT2D eigenvalue weighted by atomic mass is 16.2. The lowest BCUT2D eigenvalue weighted by atomic mass is 9.48. The number of carbonyl (C=O) groups excluding carboxylic acids is 2. The molecule has 0 aromatic heterocycles. The molecule has 2 atom stereocenters. The van der Waals surface area contributed by atoms with Gasteiger partial charge in [-0.3, -0.25) is 9.59 Å². The normalized spacial score (nSPS) is 30.7. The van der Waals surface area contributed by atoms with Crippen molar-refractivity contribution in [3.05, 3.63) is 28.8 Å². The predicted octanol–water partition coefficient (Wildman–Crippen LogP) is 2.79. The monoisotopic (exact) mass is 426 g/mol. The summed E-state index contributed by atoms with van der Waals surface area (Å²) in [6.45, 7) is 8.93. The van der Waals surface area contributed by atoms with Gasteiger partial charge in [0.25, 0.3) is 11.8 Å². The summed E-state index contributed by atoms with van der Waals surface area (Å²) in [5.41, 5.74) is 4.55. The molecule has 0 saturated heterocycles. The number of carbonyl (C=O) groups is 2. The van der Waals surface area contributed by atoms with Crippen molar-refractivity contribution in [2.45, 2.75) is 72.3 Å². The van der Waals surface area contributed by atoms with Crippen molar-refractivity contribution in [1.29, 1.82) is 0 Å². The molecule has 5 heteroatoms. The molecule has 0 aliphatic heterocycles. The third kappa shape index (κ3) is 4.82. The Morgan fingerprint density at radius 2 is 1.45 bits per heavy atom. The smallest absolute Gasteiger partial charge is 0.279 e. The first-order valence-electron chi connectivity index (χ1n) is 12.1. The maximum atomic E-state index is 12.8.